The molecule has 0 radical (unpaired) electrons. The smallest absolute Gasteiger partial charge is 0.409 e. The molecule has 3 aromatic rings. The highest BCUT2D eigenvalue weighted by Gasteiger charge is 2.26. The van der Waals surface area contributed by atoms with E-state index in [1.807, 2.05) is 37.3 Å². The van der Waals surface area contributed by atoms with Gasteiger partial charge >= 0.3 is 6.09 Å². The minimum Gasteiger partial charge on any atom is -0.449 e. The zero-order chi connectivity index (χ0) is 25.2. The number of carbonyl (C=O) groups excluding carboxylic acids is 2. The Morgan fingerprint density at radius 2 is 1.69 bits per heavy atom. The summed E-state index contributed by atoms with van der Waals surface area (Å²) in [6, 6.07) is 14.7. The summed E-state index contributed by atoms with van der Waals surface area (Å²) in [6.07, 6.45) is 0.449. The van der Waals surface area contributed by atoms with E-state index in [2.05, 4.69) is 0 Å². The van der Waals surface area contributed by atoms with E-state index >= 15 is 0 Å². The van der Waals surface area contributed by atoms with Crippen molar-refractivity contribution in [1.82, 2.24) is 14.8 Å². The molecule has 2 heterocycles. The topological polar surface area (TPSA) is 83.0 Å². The van der Waals surface area contributed by atoms with E-state index < -0.39 is 5.60 Å². The van der Waals surface area contributed by atoms with Crippen LogP contribution in [-0.4, -0.2) is 64.7 Å². The van der Waals surface area contributed by atoms with Gasteiger partial charge in [-0.2, -0.15) is 0 Å². The van der Waals surface area contributed by atoms with Gasteiger partial charge in [0, 0.05) is 42.7 Å². The maximum atomic E-state index is 13.2. The SMILES string of the molecule is CCCOC(=O)N1CCN(C(=O)c2ccc3c(Cl)cc(-c4ccc(C(C)(C)O)cc4)nc3c2)CC1. The third kappa shape index (κ3) is 5.57. The second-order valence-corrected chi connectivity index (χ2v) is 9.66. The Hall–Kier alpha value is -3.16. The molecule has 1 aliphatic heterocycles. The first kappa shape index (κ1) is 24.9. The lowest BCUT2D eigenvalue weighted by molar-refractivity contribution is 0.0560. The molecule has 184 valence electrons. The van der Waals surface area contributed by atoms with E-state index in [4.69, 9.17) is 21.3 Å². The first-order valence-corrected chi connectivity index (χ1v) is 12.2. The molecule has 1 N–H and O–H groups in total. The van der Waals surface area contributed by atoms with Crippen LogP contribution < -0.4 is 0 Å². The van der Waals surface area contributed by atoms with Crippen LogP contribution >= 0.6 is 11.6 Å². The number of aliphatic hydroxyl groups is 1. The number of benzene rings is 2. The van der Waals surface area contributed by atoms with E-state index in [0.717, 1.165) is 22.9 Å². The Balaban J connectivity index is 1.53. The molecule has 0 spiro atoms. The lowest BCUT2D eigenvalue weighted by Crippen LogP contribution is -2.50. The van der Waals surface area contributed by atoms with Crippen molar-refractivity contribution < 1.29 is 19.4 Å². The number of carbonyl (C=O) groups is 2. The number of piperazine rings is 1. The number of fused-ring (bicyclic) bond motifs is 1. The lowest BCUT2D eigenvalue weighted by atomic mass is 9.96. The number of nitrogens with zero attached hydrogens (tertiary/aromatic N) is 3. The van der Waals surface area contributed by atoms with Gasteiger partial charge in [0.15, 0.2) is 0 Å². The molecule has 1 fully saturated rings. The van der Waals surface area contributed by atoms with Gasteiger partial charge in [0.05, 0.1) is 28.4 Å². The van der Waals surface area contributed by atoms with Crippen LogP contribution in [0.3, 0.4) is 0 Å². The minimum atomic E-state index is -0.927. The van der Waals surface area contributed by atoms with Gasteiger partial charge in [0.2, 0.25) is 0 Å². The predicted octanol–water partition coefficient (Wildman–Crippen LogP) is 5.09. The number of halogens is 1. The van der Waals surface area contributed by atoms with Crippen molar-refractivity contribution in [2.24, 2.45) is 0 Å². The highest BCUT2D eigenvalue weighted by Crippen LogP contribution is 2.30. The summed E-state index contributed by atoms with van der Waals surface area (Å²) in [6.45, 7) is 7.60. The van der Waals surface area contributed by atoms with Crippen molar-refractivity contribution >= 4 is 34.5 Å². The van der Waals surface area contributed by atoms with Crippen LogP contribution in [0.15, 0.2) is 48.5 Å². The van der Waals surface area contributed by atoms with Gasteiger partial charge in [-0.25, -0.2) is 9.78 Å². The molecule has 2 aromatic carbocycles. The number of ether oxygens (including phenoxy) is 1. The molecular formula is C27H30ClN3O4. The molecule has 1 aliphatic rings. The molecule has 2 amide bonds. The summed E-state index contributed by atoms with van der Waals surface area (Å²) in [5.74, 6) is -0.105. The molecule has 1 saturated heterocycles. The van der Waals surface area contributed by atoms with Crippen molar-refractivity contribution in [2.75, 3.05) is 32.8 Å². The zero-order valence-electron chi connectivity index (χ0n) is 20.3. The summed E-state index contributed by atoms with van der Waals surface area (Å²) in [4.78, 5) is 33.4. The van der Waals surface area contributed by atoms with Crippen LogP contribution in [-0.2, 0) is 10.3 Å². The number of aromatic nitrogens is 1. The molecule has 7 nitrogen and oxygen atoms in total. The van der Waals surface area contributed by atoms with Gasteiger partial charge in [-0.1, -0.05) is 48.9 Å². The van der Waals surface area contributed by atoms with Crippen LogP contribution in [0.1, 0.15) is 43.1 Å². The Morgan fingerprint density at radius 3 is 2.31 bits per heavy atom. The van der Waals surface area contributed by atoms with Gasteiger partial charge in [-0.3, -0.25) is 4.79 Å². The minimum absolute atomic E-state index is 0.105. The lowest BCUT2D eigenvalue weighted by Gasteiger charge is -2.34. The highest BCUT2D eigenvalue weighted by atomic mass is 35.5. The Kier molecular flexibility index (Phi) is 7.28. The van der Waals surface area contributed by atoms with Crippen molar-refractivity contribution in [3.8, 4) is 11.3 Å². The fourth-order valence-corrected chi connectivity index (χ4v) is 4.33. The Labute approximate surface area is 210 Å². The molecule has 0 unspecified atom stereocenters. The predicted molar refractivity (Wildman–Crippen MR) is 137 cm³/mol. The van der Waals surface area contributed by atoms with E-state index in [9.17, 15) is 14.7 Å². The third-order valence-corrected chi connectivity index (χ3v) is 6.46. The molecule has 0 bridgehead atoms. The normalized spacial score (nSPS) is 14.3. The quantitative estimate of drug-likeness (QED) is 0.533. The average molecular weight is 496 g/mol. The average Bonchev–Trinajstić information content (AvgIpc) is 2.86. The van der Waals surface area contributed by atoms with Crippen LogP contribution in [0, 0.1) is 0 Å². The fraction of sp³-hybridized carbons (Fsp3) is 0.370. The zero-order valence-corrected chi connectivity index (χ0v) is 21.0. The molecule has 1 aromatic heterocycles. The van der Waals surface area contributed by atoms with Crippen molar-refractivity contribution in [2.45, 2.75) is 32.8 Å². The first-order valence-electron chi connectivity index (χ1n) is 11.8. The molecule has 8 heteroatoms. The summed E-state index contributed by atoms with van der Waals surface area (Å²) < 4.78 is 5.19. The number of hydrogen-bond acceptors (Lipinski definition) is 5. The third-order valence-electron chi connectivity index (χ3n) is 6.15. The van der Waals surface area contributed by atoms with Crippen molar-refractivity contribution in [1.29, 1.82) is 0 Å². The van der Waals surface area contributed by atoms with Crippen LogP contribution in [0.5, 0.6) is 0 Å². The van der Waals surface area contributed by atoms with E-state index in [1.165, 1.54) is 0 Å². The Bertz CT molecular complexity index is 1230. The number of pyridine rings is 1. The number of rotatable bonds is 5. The largest absolute Gasteiger partial charge is 0.449 e. The maximum absolute atomic E-state index is 13.2. The van der Waals surface area contributed by atoms with Crippen LogP contribution in [0.25, 0.3) is 22.2 Å². The first-order chi connectivity index (χ1) is 16.7. The second kappa shape index (κ2) is 10.2. The van der Waals surface area contributed by atoms with Gasteiger partial charge in [-0.05, 0) is 44.0 Å². The molecular weight excluding hydrogens is 466 g/mol. The molecule has 4 rings (SSSR count). The standard InChI is InChI=1S/C27H30ClN3O4/c1-4-15-35-26(33)31-13-11-30(12-14-31)25(32)19-7-10-21-22(28)17-23(29-24(21)16-19)18-5-8-20(9-6-18)27(2,3)34/h5-10,16-17,34H,4,11-15H2,1-3H3. The second-order valence-electron chi connectivity index (χ2n) is 9.25. The van der Waals surface area contributed by atoms with Crippen molar-refractivity contribution in [3.05, 3.63) is 64.7 Å². The van der Waals surface area contributed by atoms with E-state index in [1.54, 1.807) is 41.8 Å². The number of hydrogen-bond donors (Lipinski definition) is 1. The summed E-state index contributed by atoms with van der Waals surface area (Å²) >= 11 is 6.55. The summed E-state index contributed by atoms with van der Waals surface area (Å²) in [5.41, 5.74) is 2.59. The highest BCUT2D eigenvalue weighted by molar-refractivity contribution is 6.35. The molecule has 35 heavy (non-hydrogen) atoms. The maximum Gasteiger partial charge on any atom is 0.409 e. The molecule has 0 atom stereocenters. The van der Waals surface area contributed by atoms with Gasteiger partial charge < -0.3 is 19.6 Å². The van der Waals surface area contributed by atoms with Crippen molar-refractivity contribution in [3.63, 3.8) is 0 Å². The van der Waals surface area contributed by atoms with Gasteiger partial charge in [-0.15, -0.1) is 0 Å². The van der Waals surface area contributed by atoms with E-state index in [-0.39, 0.29) is 12.0 Å². The van der Waals surface area contributed by atoms with E-state index in [0.29, 0.717) is 54.6 Å². The monoisotopic (exact) mass is 495 g/mol. The molecule has 0 aliphatic carbocycles. The van der Waals surface area contributed by atoms with Crippen LogP contribution in [0.2, 0.25) is 5.02 Å². The molecule has 0 saturated carbocycles. The Morgan fingerprint density at radius 1 is 1.03 bits per heavy atom. The van der Waals surface area contributed by atoms with Gasteiger partial charge in [0.1, 0.15) is 0 Å². The fourth-order valence-electron chi connectivity index (χ4n) is 4.07. The summed E-state index contributed by atoms with van der Waals surface area (Å²) in [5, 5.41) is 11.5. The van der Waals surface area contributed by atoms with Gasteiger partial charge in [0.25, 0.3) is 5.91 Å². The van der Waals surface area contributed by atoms with Crippen LogP contribution in [0.4, 0.5) is 4.79 Å². The summed E-state index contributed by atoms with van der Waals surface area (Å²) in [7, 11) is 0. The number of amides is 2.